The van der Waals surface area contributed by atoms with Gasteiger partial charge in [-0.25, -0.2) is 4.98 Å². The summed E-state index contributed by atoms with van der Waals surface area (Å²) in [6.45, 7) is 8.47. The van der Waals surface area contributed by atoms with Crippen molar-refractivity contribution in [1.82, 2.24) is 15.3 Å². The van der Waals surface area contributed by atoms with Crippen LogP contribution in [-0.2, 0) is 0 Å². The normalized spacial score (nSPS) is 15.7. The highest BCUT2D eigenvalue weighted by Crippen LogP contribution is 2.28. The Kier molecular flexibility index (Phi) is 2.71. The zero-order valence-corrected chi connectivity index (χ0v) is 11.2. The number of aromatic nitrogens is 2. The molecule has 0 radical (unpaired) electrons. The minimum atomic E-state index is 0.558. The van der Waals surface area contributed by atoms with Gasteiger partial charge in [-0.15, -0.1) is 0 Å². The smallest absolute Gasteiger partial charge is 0.112 e. The average molecular weight is 241 g/mol. The minimum absolute atomic E-state index is 0.558. The molecule has 0 aliphatic carbocycles. The second-order valence-electron chi connectivity index (χ2n) is 5.27. The Bertz CT molecular complexity index is 579. The van der Waals surface area contributed by atoms with Gasteiger partial charge in [0.1, 0.15) is 5.82 Å². The number of H-pyrrole nitrogens is 1. The van der Waals surface area contributed by atoms with Gasteiger partial charge in [0, 0.05) is 30.3 Å². The van der Waals surface area contributed by atoms with Crippen molar-refractivity contribution in [3.8, 4) is 11.3 Å². The van der Waals surface area contributed by atoms with Gasteiger partial charge in [0.05, 0.1) is 5.69 Å². The van der Waals surface area contributed by atoms with Crippen LogP contribution in [0.4, 0.5) is 0 Å². The molecule has 1 fully saturated rings. The standard InChI is InChI=1S/C15H19N3/c1-9-4-5-10(2)13(6-9)14-11(3)17-15(18-14)12-7-16-8-12/h4-6,12,16H,7-8H2,1-3H3,(H,17,18). The van der Waals surface area contributed by atoms with Crippen LogP contribution in [0.25, 0.3) is 11.3 Å². The predicted octanol–water partition coefficient (Wildman–Crippen LogP) is 2.69. The van der Waals surface area contributed by atoms with Crippen molar-refractivity contribution in [3.05, 3.63) is 40.8 Å². The van der Waals surface area contributed by atoms with Crippen LogP contribution in [0.2, 0.25) is 0 Å². The molecule has 0 saturated carbocycles. The van der Waals surface area contributed by atoms with Gasteiger partial charge in [-0.3, -0.25) is 0 Å². The van der Waals surface area contributed by atoms with Crippen molar-refractivity contribution in [2.45, 2.75) is 26.7 Å². The molecule has 1 aliphatic heterocycles. The Hall–Kier alpha value is -1.61. The summed E-state index contributed by atoms with van der Waals surface area (Å²) in [6, 6.07) is 6.54. The lowest BCUT2D eigenvalue weighted by atomic mass is 10.0. The van der Waals surface area contributed by atoms with E-state index in [0.717, 1.165) is 24.6 Å². The summed E-state index contributed by atoms with van der Waals surface area (Å²) in [5.74, 6) is 1.68. The second kappa shape index (κ2) is 4.25. The third-order valence-corrected chi connectivity index (χ3v) is 3.72. The van der Waals surface area contributed by atoms with Gasteiger partial charge < -0.3 is 10.3 Å². The summed E-state index contributed by atoms with van der Waals surface area (Å²) in [7, 11) is 0. The van der Waals surface area contributed by atoms with Crippen molar-refractivity contribution in [3.63, 3.8) is 0 Å². The molecule has 1 aromatic heterocycles. The van der Waals surface area contributed by atoms with Gasteiger partial charge in [-0.1, -0.05) is 17.7 Å². The Balaban J connectivity index is 2.05. The number of rotatable bonds is 2. The lowest BCUT2D eigenvalue weighted by molar-refractivity contribution is 0.432. The molecule has 2 aromatic rings. The van der Waals surface area contributed by atoms with Gasteiger partial charge in [-0.05, 0) is 32.4 Å². The number of aromatic amines is 1. The molecule has 2 N–H and O–H groups in total. The van der Waals surface area contributed by atoms with E-state index in [2.05, 4.69) is 49.3 Å². The molecule has 1 saturated heterocycles. The van der Waals surface area contributed by atoms with E-state index < -0.39 is 0 Å². The lowest BCUT2D eigenvalue weighted by Gasteiger charge is -2.24. The van der Waals surface area contributed by atoms with Crippen LogP contribution in [0.1, 0.15) is 28.6 Å². The third kappa shape index (κ3) is 1.85. The Morgan fingerprint density at radius 3 is 2.61 bits per heavy atom. The van der Waals surface area contributed by atoms with Crippen LogP contribution in [-0.4, -0.2) is 23.1 Å². The first-order chi connectivity index (χ1) is 8.65. The fraction of sp³-hybridized carbons (Fsp3) is 0.400. The van der Waals surface area contributed by atoms with E-state index in [1.54, 1.807) is 0 Å². The molecule has 0 atom stereocenters. The Morgan fingerprint density at radius 2 is 1.94 bits per heavy atom. The molecule has 3 heteroatoms. The average Bonchev–Trinajstić information content (AvgIpc) is 2.61. The molecule has 3 rings (SSSR count). The van der Waals surface area contributed by atoms with Crippen molar-refractivity contribution in [2.24, 2.45) is 0 Å². The first-order valence-electron chi connectivity index (χ1n) is 6.50. The van der Waals surface area contributed by atoms with Crippen molar-refractivity contribution >= 4 is 0 Å². The van der Waals surface area contributed by atoms with Crippen LogP contribution < -0.4 is 5.32 Å². The number of aryl methyl sites for hydroxylation is 3. The Labute approximate surface area is 108 Å². The summed E-state index contributed by atoms with van der Waals surface area (Å²) in [5, 5.41) is 3.29. The molecule has 94 valence electrons. The molecule has 0 spiro atoms. The number of benzene rings is 1. The minimum Gasteiger partial charge on any atom is -0.345 e. The fourth-order valence-corrected chi connectivity index (χ4v) is 2.41. The van der Waals surface area contributed by atoms with Crippen LogP contribution in [0.3, 0.4) is 0 Å². The maximum Gasteiger partial charge on any atom is 0.112 e. The summed E-state index contributed by atoms with van der Waals surface area (Å²) >= 11 is 0. The molecule has 18 heavy (non-hydrogen) atoms. The largest absolute Gasteiger partial charge is 0.345 e. The summed E-state index contributed by atoms with van der Waals surface area (Å²) in [5.41, 5.74) is 6.10. The molecule has 3 nitrogen and oxygen atoms in total. The number of nitrogens with one attached hydrogen (secondary N) is 2. The highest BCUT2D eigenvalue weighted by molar-refractivity contribution is 5.66. The van der Waals surface area contributed by atoms with E-state index in [4.69, 9.17) is 4.98 Å². The van der Waals surface area contributed by atoms with Gasteiger partial charge in [0.15, 0.2) is 0 Å². The van der Waals surface area contributed by atoms with Crippen LogP contribution in [0.15, 0.2) is 18.2 Å². The number of imidazole rings is 1. The summed E-state index contributed by atoms with van der Waals surface area (Å²) in [6.07, 6.45) is 0. The highest BCUT2D eigenvalue weighted by Gasteiger charge is 2.23. The topological polar surface area (TPSA) is 40.7 Å². The van der Waals surface area contributed by atoms with E-state index in [9.17, 15) is 0 Å². The third-order valence-electron chi connectivity index (χ3n) is 3.72. The first kappa shape index (κ1) is 11.5. The van der Waals surface area contributed by atoms with Gasteiger partial charge in [0.2, 0.25) is 0 Å². The number of hydrogen-bond donors (Lipinski definition) is 2. The SMILES string of the molecule is Cc1ccc(C)c(-c2nc(C3CNC3)[nH]c2C)c1. The fourth-order valence-electron chi connectivity index (χ4n) is 2.41. The van der Waals surface area contributed by atoms with E-state index in [0.29, 0.717) is 5.92 Å². The molecule has 1 aliphatic rings. The summed E-state index contributed by atoms with van der Waals surface area (Å²) < 4.78 is 0. The Morgan fingerprint density at radius 1 is 1.17 bits per heavy atom. The molecule has 2 heterocycles. The lowest BCUT2D eigenvalue weighted by Crippen LogP contribution is -2.40. The monoisotopic (exact) mass is 241 g/mol. The molecular weight excluding hydrogens is 222 g/mol. The molecule has 0 unspecified atom stereocenters. The van der Waals surface area contributed by atoms with Crippen LogP contribution >= 0.6 is 0 Å². The van der Waals surface area contributed by atoms with E-state index in [1.165, 1.54) is 22.4 Å². The van der Waals surface area contributed by atoms with Gasteiger partial charge in [0.25, 0.3) is 0 Å². The molecule has 1 aromatic carbocycles. The zero-order valence-electron chi connectivity index (χ0n) is 11.2. The summed E-state index contributed by atoms with van der Waals surface area (Å²) in [4.78, 5) is 8.25. The zero-order chi connectivity index (χ0) is 12.7. The number of nitrogens with zero attached hydrogens (tertiary/aromatic N) is 1. The van der Waals surface area contributed by atoms with Gasteiger partial charge >= 0.3 is 0 Å². The molecular formula is C15H19N3. The van der Waals surface area contributed by atoms with Crippen molar-refractivity contribution in [1.29, 1.82) is 0 Å². The number of hydrogen-bond acceptors (Lipinski definition) is 2. The molecule has 0 amide bonds. The van der Waals surface area contributed by atoms with Crippen molar-refractivity contribution in [2.75, 3.05) is 13.1 Å². The quantitative estimate of drug-likeness (QED) is 0.848. The maximum absolute atomic E-state index is 4.81. The van der Waals surface area contributed by atoms with Gasteiger partial charge in [-0.2, -0.15) is 0 Å². The van der Waals surface area contributed by atoms with E-state index in [-0.39, 0.29) is 0 Å². The molecule has 0 bridgehead atoms. The van der Waals surface area contributed by atoms with E-state index in [1.807, 2.05) is 0 Å². The van der Waals surface area contributed by atoms with Crippen molar-refractivity contribution < 1.29 is 0 Å². The van der Waals surface area contributed by atoms with E-state index >= 15 is 0 Å². The van der Waals surface area contributed by atoms with Crippen LogP contribution in [0, 0.1) is 20.8 Å². The predicted molar refractivity (Wildman–Crippen MR) is 73.8 cm³/mol. The van der Waals surface area contributed by atoms with Crippen LogP contribution in [0.5, 0.6) is 0 Å². The first-order valence-corrected chi connectivity index (χ1v) is 6.50. The maximum atomic E-state index is 4.81. The second-order valence-corrected chi connectivity index (χ2v) is 5.27. The highest BCUT2D eigenvalue weighted by atomic mass is 15.0.